The van der Waals surface area contributed by atoms with Crippen LogP contribution in [0.15, 0.2) is 24.4 Å². The van der Waals surface area contributed by atoms with Gasteiger partial charge in [0.05, 0.1) is 17.5 Å². The molecule has 5 rings (SSSR count). The van der Waals surface area contributed by atoms with Gasteiger partial charge < -0.3 is 20.1 Å². The molecule has 3 aromatic rings. The summed E-state index contributed by atoms with van der Waals surface area (Å²) in [5.41, 5.74) is 0.296. The van der Waals surface area contributed by atoms with Crippen molar-refractivity contribution in [3.8, 4) is 5.88 Å². The zero-order chi connectivity index (χ0) is 25.8. The molecule has 1 aliphatic carbocycles. The normalized spacial score (nSPS) is 23.2. The monoisotopic (exact) mass is 525 g/mol. The summed E-state index contributed by atoms with van der Waals surface area (Å²) in [4.78, 5) is 6.80. The Morgan fingerprint density at radius 3 is 2.50 bits per heavy atom. The number of nitrogens with zero attached hydrogens (tertiary/aromatic N) is 6. The molecule has 2 aliphatic rings. The van der Waals surface area contributed by atoms with Gasteiger partial charge in [0.1, 0.15) is 0 Å². The van der Waals surface area contributed by atoms with E-state index in [4.69, 9.17) is 16.3 Å². The van der Waals surface area contributed by atoms with Gasteiger partial charge in [0.2, 0.25) is 11.8 Å². The van der Waals surface area contributed by atoms with E-state index in [1.54, 1.807) is 26.1 Å². The molecule has 0 aromatic carbocycles. The Morgan fingerprint density at radius 2 is 1.89 bits per heavy atom. The van der Waals surface area contributed by atoms with Crippen molar-refractivity contribution in [1.82, 2.24) is 24.8 Å². The molecule has 194 valence electrons. The maximum absolute atomic E-state index is 13.1. The molecule has 36 heavy (non-hydrogen) atoms. The van der Waals surface area contributed by atoms with Crippen LogP contribution in [0.5, 0.6) is 5.88 Å². The lowest BCUT2D eigenvalue weighted by atomic mass is 9.92. The van der Waals surface area contributed by atoms with Crippen molar-refractivity contribution in [2.45, 2.75) is 57.5 Å². The highest BCUT2D eigenvalue weighted by atomic mass is 35.5. The molecule has 1 saturated heterocycles. The van der Waals surface area contributed by atoms with Crippen LogP contribution in [0.3, 0.4) is 0 Å². The highest BCUT2D eigenvalue weighted by molar-refractivity contribution is 6.29. The van der Waals surface area contributed by atoms with Crippen molar-refractivity contribution in [3.05, 3.63) is 35.1 Å². The number of rotatable bonds is 6. The summed E-state index contributed by atoms with van der Waals surface area (Å²) in [6.45, 7) is 5.67. The molecule has 2 fully saturated rings. The van der Waals surface area contributed by atoms with Gasteiger partial charge in [0.15, 0.2) is 16.9 Å². The number of pyridine rings is 1. The lowest BCUT2D eigenvalue weighted by Gasteiger charge is -2.39. The third-order valence-corrected chi connectivity index (χ3v) is 7.16. The van der Waals surface area contributed by atoms with Crippen LogP contribution in [0.4, 0.5) is 24.8 Å². The summed E-state index contributed by atoms with van der Waals surface area (Å²) in [5.74, 6) is 0.775. The van der Waals surface area contributed by atoms with E-state index in [0.29, 0.717) is 22.6 Å². The molecule has 3 aromatic heterocycles. The Labute approximate surface area is 210 Å². The first kappa shape index (κ1) is 24.8. The SMILES string of the molecule is C[C@H](Oc1ccc(C(C)(C)O)c2nc(NC3C4CCC3CN(c3cnnc(Cl)c3)C4)nn12)C(F)(F)F. The average molecular weight is 526 g/mol. The molecule has 1 aliphatic heterocycles. The topological polar surface area (TPSA) is 101 Å². The van der Waals surface area contributed by atoms with Crippen molar-refractivity contribution in [1.29, 1.82) is 0 Å². The maximum Gasteiger partial charge on any atom is 0.425 e. The number of ether oxygens (including phenoxy) is 1. The summed E-state index contributed by atoms with van der Waals surface area (Å²) in [6, 6.07) is 4.78. The Kier molecular flexibility index (Phi) is 6.14. The van der Waals surface area contributed by atoms with Gasteiger partial charge in [-0.1, -0.05) is 11.6 Å². The second-order valence-corrected chi connectivity index (χ2v) is 10.4. The fourth-order valence-electron chi connectivity index (χ4n) is 5.14. The smallest absolute Gasteiger partial charge is 0.425 e. The molecule has 0 amide bonds. The van der Waals surface area contributed by atoms with Crippen LogP contribution in [0, 0.1) is 11.8 Å². The van der Waals surface area contributed by atoms with Crippen LogP contribution in [-0.4, -0.2) is 61.3 Å². The van der Waals surface area contributed by atoms with Crippen molar-refractivity contribution >= 4 is 28.9 Å². The van der Waals surface area contributed by atoms with Gasteiger partial charge in [-0.25, -0.2) is 0 Å². The molecule has 0 radical (unpaired) electrons. The van der Waals surface area contributed by atoms with E-state index in [2.05, 4.69) is 30.5 Å². The third-order valence-electron chi connectivity index (χ3n) is 6.97. The van der Waals surface area contributed by atoms with Gasteiger partial charge in [0.25, 0.3) is 0 Å². The predicted molar refractivity (Wildman–Crippen MR) is 127 cm³/mol. The first-order chi connectivity index (χ1) is 16.9. The Hall–Kier alpha value is -2.86. The molecular weight excluding hydrogens is 499 g/mol. The minimum Gasteiger partial charge on any atom is -0.465 e. The van der Waals surface area contributed by atoms with E-state index in [9.17, 15) is 18.3 Å². The van der Waals surface area contributed by atoms with E-state index in [1.165, 1.54) is 16.6 Å². The molecule has 2 N–H and O–H groups in total. The number of hydrogen-bond acceptors (Lipinski definition) is 8. The largest absolute Gasteiger partial charge is 0.465 e. The summed E-state index contributed by atoms with van der Waals surface area (Å²) < 4.78 is 45.8. The summed E-state index contributed by atoms with van der Waals surface area (Å²) in [6.07, 6.45) is -2.84. The zero-order valence-corrected chi connectivity index (χ0v) is 20.8. The minimum atomic E-state index is -4.54. The van der Waals surface area contributed by atoms with Crippen LogP contribution < -0.4 is 15.0 Å². The lowest BCUT2D eigenvalue weighted by molar-refractivity contribution is -0.190. The van der Waals surface area contributed by atoms with Crippen LogP contribution in [0.1, 0.15) is 39.2 Å². The molecular formula is C23H27ClF3N7O2. The number of fused-ring (bicyclic) bond motifs is 3. The molecule has 2 unspecified atom stereocenters. The number of aromatic nitrogens is 5. The second-order valence-electron chi connectivity index (χ2n) is 10.0. The fraction of sp³-hybridized carbons (Fsp3) is 0.565. The van der Waals surface area contributed by atoms with Crippen molar-refractivity contribution in [3.63, 3.8) is 0 Å². The van der Waals surface area contributed by atoms with Crippen molar-refractivity contribution < 1.29 is 23.0 Å². The van der Waals surface area contributed by atoms with Crippen LogP contribution in [0.2, 0.25) is 5.15 Å². The first-order valence-corrected chi connectivity index (χ1v) is 12.1. The van der Waals surface area contributed by atoms with Gasteiger partial charge in [-0.2, -0.15) is 27.8 Å². The third kappa shape index (κ3) is 4.75. The summed E-state index contributed by atoms with van der Waals surface area (Å²) in [7, 11) is 0. The standard InChI is InChI=1S/C23H27ClF3N7O2/c1-12(23(25,26)27)36-18-7-6-16(22(2,3)35)20-30-21(32-34(18)20)29-19-13-4-5-14(19)11-33(10-13)15-8-17(24)31-28-9-15/h6-9,12-14,19,35H,4-5,10-11H2,1-3H3,(H,29,32)/t12-,13?,14?,19?/m0/s1. The molecule has 9 nitrogen and oxygen atoms in total. The zero-order valence-electron chi connectivity index (χ0n) is 20.0. The van der Waals surface area contributed by atoms with E-state index in [-0.39, 0.29) is 23.5 Å². The quantitative estimate of drug-likeness (QED) is 0.497. The first-order valence-electron chi connectivity index (χ1n) is 11.8. The van der Waals surface area contributed by atoms with Gasteiger partial charge in [-0.05, 0) is 51.5 Å². The van der Waals surface area contributed by atoms with Crippen molar-refractivity contribution in [2.75, 3.05) is 23.3 Å². The average Bonchev–Trinajstić information content (AvgIpc) is 3.29. The van der Waals surface area contributed by atoms with Crippen molar-refractivity contribution in [2.24, 2.45) is 11.8 Å². The van der Waals surface area contributed by atoms with E-state index in [0.717, 1.165) is 38.5 Å². The minimum absolute atomic E-state index is 0.0907. The number of hydrogen-bond donors (Lipinski definition) is 2. The second kappa shape index (κ2) is 8.91. The number of nitrogens with one attached hydrogen (secondary N) is 1. The molecule has 1 saturated carbocycles. The molecule has 13 heteroatoms. The van der Waals surface area contributed by atoms with Crippen LogP contribution in [0.25, 0.3) is 5.65 Å². The molecule has 2 bridgehead atoms. The number of halogens is 4. The summed E-state index contributed by atoms with van der Waals surface area (Å²) >= 11 is 6.02. The van der Waals surface area contributed by atoms with E-state index >= 15 is 0 Å². The highest BCUT2D eigenvalue weighted by Gasteiger charge is 2.43. The van der Waals surface area contributed by atoms with E-state index < -0.39 is 17.9 Å². The Morgan fingerprint density at radius 1 is 1.19 bits per heavy atom. The maximum atomic E-state index is 13.1. The van der Waals surface area contributed by atoms with Crippen LogP contribution >= 0.6 is 11.6 Å². The predicted octanol–water partition coefficient (Wildman–Crippen LogP) is 4.06. The molecule has 4 heterocycles. The molecule has 0 spiro atoms. The van der Waals surface area contributed by atoms with Crippen LogP contribution in [-0.2, 0) is 5.60 Å². The fourth-order valence-corrected chi connectivity index (χ4v) is 5.29. The van der Waals surface area contributed by atoms with Gasteiger partial charge in [-0.3, -0.25) is 0 Å². The number of piperidine rings is 1. The molecule has 3 atom stereocenters. The van der Waals surface area contributed by atoms with Gasteiger partial charge in [-0.15, -0.1) is 10.2 Å². The number of alkyl halides is 3. The Bertz CT molecular complexity index is 1250. The Balaban J connectivity index is 1.42. The van der Waals surface area contributed by atoms with Gasteiger partial charge >= 0.3 is 6.18 Å². The number of aliphatic hydroxyl groups is 1. The summed E-state index contributed by atoms with van der Waals surface area (Å²) in [5, 5.41) is 26.6. The van der Waals surface area contributed by atoms with Gasteiger partial charge in [0, 0.05) is 36.8 Å². The number of anilines is 2. The highest BCUT2D eigenvalue weighted by Crippen LogP contribution is 2.40. The van der Waals surface area contributed by atoms with E-state index in [1.807, 2.05) is 0 Å². The lowest BCUT2D eigenvalue weighted by Crippen LogP contribution is -2.48.